The van der Waals surface area contributed by atoms with Crippen molar-refractivity contribution in [1.29, 1.82) is 0 Å². The number of pyridine rings is 1. The van der Waals surface area contributed by atoms with Crippen LogP contribution in [-0.4, -0.2) is 31.8 Å². The Labute approximate surface area is 144 Å². The third-order valence-electron chi connectivity index (χ3n) is 4.77. The highest BCUT2D eigenvalue weighted by Crippen LogP contribution is 2.29. The van der Waals surface area contributed by atoms with Crippen LogP contribution in [0.5, 0.6) is 0 Å². The fraction of sp³-hybridized carbons (Fsp3) is 0.389. The standard InChI is InChI=1S/C18H20N4O3/c1-11-7-9-19-17-14(11)20-16(13-8-10-25-15(13)18(23)24)22(17)21-12-5-3-2-4-6-12/h7-10,12,21H,2-6H2,1H3,(H,23,24). The van der Waals surface area contributed by atoms with Crippen LogP contribution in [0.3, 0.4) is 0 Å². The van der Waals surface area contributed by atoms with E-state index in [2.05, 4.69) is 15.4 Å². The van der Waals surface area contributed by atoms with Crippen LogP contribution in [-0.2, 0) is 0 Å². The summed E-state index contributed by atoms with van der Waals surface area (Å²) in [7, 11) is 0. The van der Waals surface area contributed by atoms with Gasteiger partial charge in [0.05, 0.1) is 11.8 Å². The number of aromatic carboxylic acids is 1. The summed E-state index contributed by atoms with van der Waals surface area (Å²) in [5.41, 5.74) is 6.43. The van der Waals surface area contributed by atoms with Crippen LogP contribution in [0.1, 0.15) is 48.2 Å². The lowest BCUT2D eigenvalue weighted by molar-refractivity contribution is 0.0663. The molecule has 0 amide bonds. The number of carbonyl (C=O) groups is 1. The van der Waals surface area contributed by atoms with Gasteiger partial charge < -0.3 is 14.9 Å². The third kappa shape index (κ3) is 2.75. The molecule has 0 aliphatic heterocycles. The van der Waals surface area contributed by atoms with Crippen LogP contribution in [0.2, 0.25) is 0 Å². The van der Waals surface area contributed by atoms with Crippen molar-refractivity contribution in [2.24, 2.45) is 0 Å². The Balaban J connectivity index is 1.87. The predicted octanol–water partition coefficient (Wildman–Crippen LogP) is 3.57. The second-order valence-electron chi connectivity index (χ2n) is 6.50. The Morgan fingerprint density at radius 2 is 2.12 bits per heavy atom. The van der Waals surface area contributed by atoms with E-state index in [0.717, 1.165) is 23.9 Å². The molecule has 0 bridgehead atoms. The molecular formula is C18H20N4O3. The van der Waals surface area contributed by atoms with E-state index >= 15 is 0 Å². The summed E-state index contributed by atoms with van der Waals surface area (Å²) in [6.07, 6.45) is 8.94. The summed E-state index contributed by atoms with van der Waals surface area (Å²) in [6.45, 7) is 1.97. The van der Waals surface area contributed by atoms with Crippen molar-refractivity contribution < 1.29 is 14.3 Å². The molecule has 3 aromatic heterocycles. The zero-order valence-electron chi connectivity index (χ0n) is 14.0. The molecule has 0 saturated heterocycles. The number of aryl methyl sites for hydroxylation is 1. The molecule has 3 aromatic rings. The molecule has 7 heteroatoms. The van der Waals surface area contributed by atoms with E-state index in [4.69, 9.17) is 4.42 Å². The molecule has 1 saturated carbocycles. The van der Waals surface area contributed by atoms with E-state index < -0.39 is 5.97 Å². The second kappa shape index (κ2) is 6.23. The molecule has 0 atom stereocenters. The number of aromatic nitrogens is 3. The lowest BCUT2D eigenvalue weighted by Gasteiger charge is -2.25. The minimum Gasteiger partial charge on any atom is -0.475 e. The van der Waals surface area contributed by atoms with Crippen molar-refractivity contribution in [3.63, 3.8) is 0 Å². The van der Waals surface area contributed by atoms with Crippen molar-refractivity contribution >= 4 is 17.1 Å². The molecule has 1 aliphatic rings. The predicted molar refractivity (Wildman–Crippen MR) is 93.2 cm³/mol. The number of hydrogen-bond donors (Lipinski definition) is 2. The highest BCUT2D eigenvalue weighted by atomic mass is 16.4. The van der Waals surface area contributed by atoms with Crippen LogP contribution in [0.15, 0.2) is 29.0 Å². The lowest BCUT2D eigenvalue weighted by Crippen LogP contribution is -2.30. The largest absolute Gasteiger partial charge is 0.475 e. The topological polar surface area (TPSA) is 93.2 Å². The first-order valence-electron chi connectivity index (χ1n) is 8.57. The van der Waals surface area contributed by atoms with Gasteiger partial charge in [-0.05, 0) is 37.5 Å². The van der Waals surface area contributed by atoms with E-state index in [0.29, 0.717) is 23.1 Å². The molecule has 2 N–H and O–H groups in total. The van der Waals surface area contributed by atoms with Gasteiger partial charge in [0, 0.05) is 12.2 Å². The van der Waals surface area contributed by atoms with E-state index in [1.54, 1.807) is 12.3 Å². The van der Waals surface area contributed by atoms with Gasteiger partial charge in [-0.25, -0.2) is 19.4 Å². The molecule has 7 nitrogen and oxygen atoms in total. The first kappa shape index (κ1) is 15.7. The minimum atomic E-state index is -1.11. The molecular weight excluding hydrogens is 320 g/mol. The smallest absolute Gasteiger partial charge is 0.372 e. The number of furan rings is 1. The number of carboxylic acids is 1. The number of hydrogen-bond acceptors (Lipinski definition) is 5. The Morgan fingerprint density at radius 3 is 2.88 bits per heavy atom. The fourth-order valence-electron chi connectivity index (χ4n) is 3.46. The van der Waals surface area contributed by atoms with Crippen molar-refractivity contribution in [3.8, 4) is 11.4 Å². The van der Waals surface area contributed by atoms with Crippen molar-refractivity contribution in [2.75, 3.05) is 5.43 Å². The maximum absolute atomic E-state index is 11.5. The highest BCUT2D eigenvalue weighted by molar-refractivity contribution is 5.93. The Morgan fingerprint density at radius 1 is 1.32 bits per heavy atom. The summed E-state index contributed by atoms with van der Waals surface area (Å²) in [4.78, 5) is 20.6. The average molecular weight is 340 g/mol. The van der Waals surface area contributed by atoms with Gasteiger partial charge in [0.1, 0.15) is 5.52 Å². The summed E-state index contributed by atoms with van der Waals surface area (Å²) >= 11 is 0. The lowest BCUT2D eigenvalue weighted by atomic mass is 9.96. The van der Waals surface area contributed by atoms with E-state index in [1.807, 2.05) is 17.7 Å². The summed E-state index contributed by atoms with van der Waals surface area (Å²) in [5, 5.41) is 9.39. The van der Waals surface area contributed by atoms with Gasteiger partial charge in [0.15, 0.2) is 11.5 Å². The Bertz CT molecular complexity index is 922. The number of nitrogens with zero attached hydrogens (tertiary/aromatic N) is 3. The van der Waals surface area contributed by atoms with Crippen LogP contribution >= 0.6 is 0 Å². The summed E-state index contributed by atoms with van der Waals surface area (Å²) in [6, 6.07) is 3.86. The normalized spacial score (nSPS) is 15.6. The molecule has 0 unspecified atom stereocenters. The maximum atomic E-state index is 11.5. The number of fused-ring (bicyclic) bond motifs is 1. The fourth-order valence-corrected chi connectivity index (χ4v) is 3.46. The molecule has 0 aromatic carbocycles. The van der Waals surface area contributed by atoms with Crippen LogP contribution < -0.4 is 5.43 Å². The van der Waals surface area contributed by atoms with Crippen molar-refractivity contribution in [1.82, 2.24) is 14.6 Å². The average Bonchev–Trinajstić information content (AvgIpc) is 3.22. The van der Waals surface area contributed by atoms with Crippen LogP contribution in [0.4, 0.5) is 0 Å². The first-order valence-corrected chi connectivity index (χ1v) is 8.57. The molecule has 4 rings (SSSR count). The van der Waals surface area contributed by atoms with Crippen LogP contribution in [0.25, 0.3) is 22.6 Å². The van der Waals surface area contributed by atoms with E-state index in [-0.39, 0.29) is 5.76 Å². The monoisotopic (exact) mass is 340 g/mol. The maximum Gasteiger partial charge on any atom is 0.372 e. The summed E-state index contributed by atoms with van der Waals surface area (Å²) in [5.74, 6) is -0.700. The first-order chi connectivity index (χ1) is 12.1. The molecule has 130 valence electrons. The van der Waals surface area contributed by atoms with Crippen molar-refractivity contribution in [3.05, 3.63) is 35.9 Å². The van der Waals surface area contributed by atoms with Gasteiger partial charge in [-0.15, -0.1) is 0 Å². The Kier molecular flexibility index (Phi) is 3.91. The number of nitrogens with one attached hydrogen (secondary N) is 1. The van der Waals surface area contributed by atoms with E-state index in [9.17, 15) is 9.90 Å². The molecule has 0 spiro atoms. The van der Waals surface area contributed by atoms with Gasteiger partial charge in [-0.3, -0.25) is 0 Å². The molecule has 3 heterocycles. The summed E-state index contributed by atoms with van der Waals surface area (Å²) < 4.78 is 6.98. The number of rotatable bonds is 4. The zero-order chi connectivity index (χ0) is 17.4. The van der Waals surface area contributed by atoms with Crippen LogP contribution in [0, 0.1) is 6.92 Å². The number of carboxylic acid groups (broad SMARTS) is 1. The quantitative estimate of drug-likeness (QED) is 0.754. The Hall–Kier alpha value is -2.83. The van der Waals surface area contributed by atoms with Gasteiger partial charge in [0.2, 0.25) is 5.76 Å². The molecule has 25 heavy (non-hydrogen) atoms. The molecule has 0 radical (unpaired) electrons. The van der Waals surface area contributed by atoms with Gasteiger partial charge in [0.25, 0.3) is 0 Å². The van der Waals surface area contributed by atoms with Gasteiger partial charge >= 0.3 is 5.97 Å². The zero-order valence-corrected chi connectivity index (χ0v) is 14.0. The SMILES string of the molecule is Cc1ccnc2c1nc(-c1ccoc1C(=O)O)n2NC1CCCCC1. The molecule has 1 fully saturated rings. The van der Waals surface area contributed by atoms with E-state index in [1.165, 1.54) is 25.5 Å². The number of imidazole rings is 1. The second-order valence-corrected chi connectivity index (χ2v) is 6.50. The third-order valence-corrected chi connectivity index (χ3v) is 4.77. The van der Waals surface area contributed by atoms with Gasteiger partial charge in [-0.2, -0.15) is 0 Å². The highest BCUT2D eigenvalue weighted by Gasteiger charge is 2.24. The van der Waals surface area contributed by atoms with Crippen molar-refractivity contribution in [2.45, 2.75) is 45.1 Å². The van der Waals surface area contributed by atoms with Gasteiger partial charge in [-0.1, -0.05) is 19.3 Å². The minimum absolute atomic E-state index is 0.111. The molecule has 1 aliphatic carbocycles.